The van der Waals surface area contributed by atoms with Crippen LogP contribution < -0.4 is 10.9 Å². The summed E-state index contributed by atoms with van der Waals surface area (Å²) in [5, 5.41) is 12.6. The van der Waals surface area contributed by atoms with Crippen LogP contribution in [0.2, 0.25) is 0 Å². The Bertz CT molecular complexity index is 315. The molecule has 0 aromatic carbocycles. The third-order valence-corrected chi connectivity index (χ3v) is 3.70. The van der Waals surface area contributed by atoms with Gasteiger partial charge in [0, 0.05) is 12.5 Å². The Kier molecular flexibility index (Phi) is 5.19. The van der Waals surface area contributed by atoms with Crippen molar-refractivity contribution < 1.29 is 18.3 Å². The molecule has 6 nitrogen and oxygen atoms in total. The van der Waals surface area contributed by atoms with E-state index in [1.165, 1.54) is 6.92 Å². The highest BCUT2D eigenvalue weighted by atomic mass is 32.2. The van der Waals surface area contributed by atoms with Gasteiger partial charge in [0.25, 0.3) is 0 Å². The molecule has 0 fully saturated rings. The Morgan fingerprint density at radius 1 is 1.40 bits per heavy atom. The van der Waals surface area contributed by atoms with E-state index in [-0.39, 0.29) is 12.3 Å². The van der Waals surface area contributed by atoms with Gasteiger partial charge in [-0.1, -0.05) is 6.92 Å². The van der Waals surface area contributed by atoms with Crippen LogP contribution in [0, 0.1) is 5.92 Å². The largest absolute Gasteiger partial charge is 0.481 e. The topological polar surface area (TPSA) is 123 Å². The van der Waals surface area contributed by atoms with E-state index in [0.717, 1.165) is 0 Å². The third kappa shape index (κ3) is 5.71. The minimum Gasteiger partial charge on any atom is -0.481 e. The molecule has 0 saturated carbocycles. The van der Waals surface area contributed by atoms with Crippen molar-refractivity contribution in [3.63, 3.8) is 0 Å². The highest BCUT2D eigenvalue weighted by Gasteiger charge is 2.25. The Morgan fingerprint density at radius 3 is 2.20 bits per heavy atom. The molecule has 90 valence electrons. The van der Waals surface area contributed by atoms with E-state index >= 15 is 0 Å². The maximum atomic E-state index is 11.0. The summed E-state index contributed by atoms with van der Waals surface area (Å²) >= 11 is 0. The monoisotopic (exact) mass is 238 g/mol. The molecule has 15 heavy (non-hydrogen) atoms. The summed E-state index contributed by atoms with van der Waals surface area (Å²) in [4.78, 5) is 10.4. The molecule has 0 aliphatic heterocycles. The smallest absolute Gasteiger partial charge is 0.303 e. The standard InChI is InChI=1S/C8H18N2O4S/c1-5(4-8(11)12)3-7(9)6(2)15(10,13)14/h5-7H,3-4,9H2,1-2H3,(H,11,12)(H2,10,13,14)/t5-,6-,7+/m0/s1. The van der Waals surface area contributed by atoms with Crippen LogP contribution in [-0.4, -0.2) is 30.8 Å². The van der Waals surface area contributed by atoms with Gasteiger partial charge in [-0.2, -0.15) is 0 Å². The van der Waals surface area contributed by atoms with E-state index < -0.39 is 27.3 Å². The zero-order chi connectivity index (χ0) is 12.2. The van der Waals surface area contributed by atoms with E-state index in [4.69, 9.17) is 16.0 Å². The zero-order valence-electron chi connectivity index (χ0n) is 8.88. The lowest BCUT2D eigenvalue weighted by molar-refractivity contribution is -0.138. The van der Waals surface area contributed by atoms with Gasteiger partial charge in [0.05, 0.1) is 5.25 Å². The van der Waals surface area contributed by atoms with Gasteiger partial charge < -0.3 is 10.8 Å². The van der Waals surface area contributed by atoms with Crippen LogP contribution in [-0.2, 0) is 14.8 Å². The number of sulfonamides is 1. The van der Waals surface area contributed by atoms with Crippen LogP contribution in [0.3, 0.4) is 0 Å². The molecule has 0 rings (SSSR count). The third-order valence-electron chi connectivity index (χ3n) is 2.32. The fraction of sp³-hybridized carbons (Fsp3) is 0.875. The lowest BCUT2D eigenvalue weighted by Gasteiger charge is -2.20. The highest BCUT2D eigenvalue weighted by Crippen LogP contribution is 2.13. The van der Waals surface area contributed by atoms with Crippen molar-refractivity contribution in [1.82, 2.24) is 0 Å². The van der Waals surface area contributed by atoms with E-state index in [9.17, 15) is 13.2 Å². The number of hydrogen-bond acceptors (Lipinski definition) is 4. The predicted molar refractivity (Wildman–Crippen MR) is 56.6 cm³/mol. The van der Waals surface area contributed by atoms with E-state index in [2.05, 4.69) is 0 Å². The molecule has 0 amide bonds. The summed E-state index contributed by atoms with van der Waals surface area (Å²) < 4.78 is 21.9. The number of rotatable bonds is 6. The SMILES string of the molecule is C[C@H](CC(=O)O)C[C@@H](N)[C@H](C)S(N)(=O)=O. The van der Waals surface area contributed by atoms with Crippen molar-refractivity contribution in [2.24, 2.45) is 16.8 Å². The molecule has 0 heterocycles. The maximum Gasteiger partial charge on any atom is 0.303 e. The highest BCUT2D eigenvalue weighted by molar-refractivity contribution is 7.89. The second kappa shape index (κ2) is 5.43. The summed E-state index contributed by atoms with van der Waals surface area (Å²) in [5.41, 5.74) is 5.63. The molecule has 0 aromatic rings. The molecule has 0 aliphatic carbocycles. The van der Waals surface area contributed by atoms with Gasteiger partial charge in [0.2, 0.25) is 10.0 Å². The van der Waals surface area contributed by atoms with Gasteiger partial charge in [0.1, 0.15) is 0 Å². The number of carboxylic acid groups (broad SMARTS) is 1. The van der Waals surface area contributed by atoms with Crippen LogP contribution in [0.4, 0.5) is 0 Å². The van der Waals surface area contributed by atoms with E-state index in [1.54, 1.807) is 6.92 Å². The Morgan fingerprint density at radius 2 is 1.87 bits per heavy atom. The van der Waals surface area contributed by atoms with Crippen molar-refractivity contribution >= 4 is 16.0 Å². The van der Waals surface area contributed by atoms with Gasteiger partial charge in [-0.15, -0.1) is 0 Å². The van der Waals surface area contributed by atoms with Gasteiger partial charge in [-0.3, -0.25) is 4.79 Å². The maximum absolute atomic E-state index is 11.0. The molecule has 0 aliphatic rings. The van der Waals surface area contributed by atoms with Crippen molar-refractivity contribution in [3.8, 4) is 0 Å². The lowest BCUT2D eigenvalue weighted by atomic mass is 9.97. The van der Waals surface area contributed by atoms with Crippen molar-refractivity contribution in [3.05, 3.63) is 0 Å². The number of carbonyl (C=O) groups is 1. The van der Waals surface area contributed by atoms with E-state index in [0.29, 0.717) is 6.42 Å². The molecule has 7 heteroatoms. The van der Waals surface area contributed by atoms with E-state index in [1.807, 2.05) is 0 Å². The molecule has 0 unspecified atom stereocenters. The van der Waals surface area contributed by atoms with Crippen LogP contribution in [0.1, 0.15) is 26.7 Å². The van der Waals surface area contributed by atoms with Crippen LogP contribution in [0.15, 0.2) is 0 Å². The number of carboxylic acids is 1. The molecule has 5 N–H and O–H groups in total. The summed E-state index contributed by atoms with van der Waals surface area (Å²) in [5.74, 6) is -1.08. The Labute approximate surface area is 89.7 Å². The first-order chi connectivity index (χ1) is 6.64. The van der Waals surface area contributed by atoms with Crippen LogP contribution in [0.5, 0.6) is 0 Å². The van der Waals surface area contributed by atoms with Gasteiger partial charge >= 0.3 is 5.97 Å². The number of primary sulfonamides is 1. The first-order valence-corrected chi connectivity index (χ1v) is 6.24. The molecule has 0 saturated heterocycles. The summed E-state index contributed by atoms with van der Waals surface area (Å²) in [6.07, 6.45) is 0.301. The molecule has 0 spiro atoms. The van der Waals surface area contributed by atoms with Gasteiger partial charge in [-0.05, 0) is 19.3 Å². The Balaban J connectivity index is 4.25. The molecule has 3 atom stereocenters. The fourth-order valence-electron chi connectivity index (χ4n) is 1.28. The second-order valence-corrected chi connectivity index (χ2v) is 5.82. The van der Waals surface area contributed by atoms with Crippen molar-refractivity contribution in [1.29, 1.82) is 0 Å². The fourth-order valence-corrected chi connectivity index (χ4v) is 1.88. The van der Waals surface area contributed by atoms with Crippen molar-refractivity contribution in [2.45, 2.75) is 38.0 Å². The minimum absolute atomic E-state index is 0.0228. The molecular formula is C8H18N2O4S. The van der Waals surface area contributed by atoms with Gasteiger partial charge in [-0.25, -0.2) is 13.6 Å². The second-order valence-electron chi connectivity index (χ2n) is 3.90. The normalized spacial score (nSPS) is 18.1. The molecule has 0 radical (unpaired) electrons. The average Bonchev–Trinajstić information content (AvgIpc) is 1.99. The lowest BCUT2D eigenvalue weighted by Crippen LogP contribution is -2.42. The Hall–Kier alpha value is -0.660. The molecule has 0 bridgehead atoms. The minimum atomic E-state index is -3.65. The van der Waals surface area contributed by atoms with Crippen LogP contribution in [0.25, 0.3) is 0 Å². The summed E-state index contributed by atoms with van der Waals surface area (Å²) in [7, 11) is -3.65. The number of aliphatic carboxylic acids is 1. The zero-order valence-corrected chi connectivity index (χ0v) is 9.70. The van der Waals surface area contributed by atoms with Crippen molar-refractivity contribution in [2.75, 3.05) is 0 Å². The predicted octanol–water partition coefficient (Wildman–Crippen LogP) is -0.508. The average molecular weight is 238 g/mol. The number of nitrogens with two attached hydrogens (primary N) is 2. The molecule has 0 aromatic heterocycles. The quantitative estimate of drug-likeness (QED) is 0.575. The molecular weight excluding hydrogens is 220 g/mol. The number of hydrogen-bond donors (Lipinski definition) is 3. The summed E-state index contributed by atoms with van der Waals surface area (Å²) in [6.45, 7) is 3.14. The van der Waals surface area contributed by atoms with Gasteiger partial charge in [0.15, 0.2) is 0 Å². The first kappa shape index (κ1) is 14.3. The first-order valence-electron chi connectivity index (χ1n) is 4.63. The van der Waals surface area contributed by atoms with Crippen LogP contribution >= 0.6 is 0 Å². The summed E-state index contributed by atoms with van der Waals surface area (Å²) in [6, 6.07) is -0.630.